The lowest BCUT2D eigenvalue weighted by atomic mass is 9.78. The summed E-state index contributed by atoms with van der Waals surface area (Å²) >= 11 is 0. The number of likely N-dealkylation sites (tertiary alicyclic amines) is 1. The van der Waals surface area contributed by atoms with E-state index < -0.39 is 23.3 Å². The van der Waals surface area contributed by atoms with E-state index in [1.165, 1.54) is 12.0 Å². The van der Waals surface area contributed by atoms with Crippen LogP contribution in [0.5, 0.6) is 5.75 Å². The molecule has 2 N–H and O–H groups in total. The van der Waals surface area contributed by atoms with E-state index in [9.17, 15) is 14.4 Å². The highest BCUT2D eigenvalue weighted by Gasteiger charge is 2.71. The number of benzene rings is 1. The molecular weight excluding hydrogens is 336 g/mol. The average Bonchev–Trinajstić information content (AvgIpc) is 3.15. The monoisotopic (exact) mass is 361 g/mol. The van der Waals surface area contributed by atoms with E-state index >= 15 is 0 Å². The summed E-state index contributed by atoms with van der Waals surface area (Å²) in [6.07, 6.45) is 0.407. The van der Waals surface area contributed by atoms with Gasteiger partial charge < -0.3 is 14.8 Å². The maximum atomic E-state index is 13.0. The molecule has 7 nitrogen and oxygen atoms in total. The number of carbonyl (C=O) groups excluding carboxylic acids is 3. The molecule has 0 aliphatic carbocycles. The van der Waals surface area contributed by atoms with Gasteiger partial charge in [0.05, 0.1) is 14.2 Å². The van der Waals surface area contributed by atoms with Gasteiger partial charge in [0.25, 0.3) is 0 Å². The van der Waals surface area contributed by atoms with Crippen molar-refractivity contribution < 1.29 is 29.2 Å². The van der Waals surface area contributed by atoms with Crippen molar-refractivity contribution in [1.29, 1.82) is 0 Å². The smallest absolute Gasteiger partial charge is 0.368 e. The van der Waals surface area contributed by atoms with Crippen molar-refractivity contribution in [2.24, 2.45) is 11.8 Å². The van der Waals surface area contributed by atoms with E-state index in [-0.39, 0.29) is 17.9 Å². The van der Waals surface area contributed by atoms with Gasteiger partial charge in [0.2, 0.25) is 17.4 Å². The predicted molar refractivity (Wildman–Crippen MR) is 92.1 cm³/mol. The number of rotatable bonds is 5. The number of ether oxygens (including phenoxy) is 2. The Bertz CT molecular complexity index is 732. The summed E-state index contributed by atoms with van der Waals surface area (Å²) in [6.45, 7) is 3.93. The van der Waals surface area contributed by atoms with Gasteiger partial charge in [0.1, 0.15) is 23.6 Å². The second-order valence-corrected chi connectivity index (χ2v) is 6.78. The van der Waals surface area contributed by atoms with E-state index in [2.05, 4.69) is 0 Å². The zero-order chi connectivity index (χ0) is 19.1. The highest BCUT2D eigenvalue weighted by Crippen LogP contribution is 2.45. The van der Waals surface area contributed by atoms with Crippen LogP contribution in [0.3, 0.4) is 0 Å². The molecular formula is C19H25N2O5+. The Balaban J connectivity index is 2.10. The van der Waals surface area contributed by atoms with Crippen molar-refractivity contribution >= 4 is 17.8 Å². The zero-order valence-corrected chi connectivity index (χ0v) is 15.5. The summed E-state index contributed by atoms with van der Waals surface area (Å²) in [5, 5.41) is 1.86. The van der Waals surface area contributed by atoms with Crippen LogP contribution in [-0.2, 0) is 19.1 Å². The number of esters is 1. The fourth-order valence-corrected chi connectivity index (χ4v) is 4.49. The number of amides is 2. The second-order valence-electron chi connectivity index (χ2n) is 6.78. The first-order valence-corrected chi connectivity index (χ1v) is 8.88. The number of methoxy groups -OCH3 is 2. The van der Waals surface area contributed by atoms with E-state index in [1.807, 2.05) is 36.5 Å². The van der Waals surface area contributed by atoms with Crippen LogP contribution >= 0.6 is 0 Å². The molecule has 3 rings (SSSR count). The van der Waals surface area contributed by atoms with E-state index in [4.69, 9.17) is 9.47 Å². The summed E-state index contributed by atoms with van der Waals surface area (Å²) in [5.74, 6) is -1.51. The van der Waals surface area contributed by atoms with Gasteiger partial charge in [-0.3, -0.25) is 14.5 Å². The van der Waals surface area contributed by atoms with Gasteiger partial charge in [0.15, 0.2) is 0 Å². The number of imide groups is 1. The molecule has 2 saturated heterocycles. The third kappa shape index (κ3) is 2.41. The third-order valence-corrected chi connectivity index (χ3v) is 5.83. The van der Waals surface area contributed by atoms with Crippen molar-refractivity contribution in [3.63, 3.8) is 0 Å². The molecule has 2 amide bonds. The average molecular weight is 361 g/mol. The number of nitrogens with zero attached hydrogens (tertiary/aromatic N) is 1. The molecule has 0 unspecified atom stereocenters. The van der Waals surface area contributed by atoms with Gasteiger partial charge >= 0.3 is 5.97 Å². The number of fused-ring (bicyclic) bond motifs is 1. The SMILES string of the molecule is CCN1C(=O)[C@@H]2[C@H](c3ccc(OC)cc3)[NH2+][C@](CC)(C(=O)OC)[C@H]2C1=O. The van der Waals surface area contributed by atoms with Gasteiger partial charge in [-0.15, -0.1) is 0 Å². The number of nitrogens with two attached hydrogens (primary N) is 1. The quantitative estimate of drug-likeness (QED) is 0.600. The molecule has 2 aliphatic heterocycles. The maximum Gasteiger partial charge on any atom is 0.368 e. The molecule has 7 heteroatoms. The molecule has 26 heavy (non-hydrogen) atoms. The molecule has 0 aromatic heterocycles. The van der Waals surface area contributed by atoms with Crippen LogP contribution in [0, 0.1) is 11.8 Å². The lowest BCUT2D eigenvalue weighted by molar-refractivity contribution is -0.734. The van der Waals surface area contributed by atoms with Crippen molar-refractivity contribution in [3.05, 3.63) is 29.8 Å². The summed E-state index contributed by atoms with van der Waals surface area (Å²) in [6, 6.07) is 7.08. The summed E-state index contributed by atoms with van der Waals surface area (Å²) in [7, 11) is 2.91. The van der Waals surface area contributed by atoms with Gasteiger partial charge in [-0.1, -0.05) is 6.92 Å². The van der Waals surface area contributed by atoms with Crippen LogP contribution in [-0.4, -0.2) is 49.0 Å². The third-order valence-electron chi connectivity index (χ3n) is 5.83. The molecule has 0 spiro atoms. The van der Waals surface area contributed by atoms with Crippen LogP contribution < -0.4 is 10.1 Å². The predicted octanol–water partition coefficient (Wildman–Crippen LogP) is 0.256. The van der Waals surface area contributed by atoms with Crippen LogP contribution in [0.4, 0.5) is 0 Å². The first-order valence-electron chi connectivity index (χ1n) is 8.88. The van der Waals surface area contributed by atoms with Crippen LogP contribution in [0.2, 0.25) is 0 Å². The Labute approximate surface area is 152 Å². The number of quaternary nitrogens is 1. The van der Waals surface area contributed by atoms with Crippen LogP contribution in [0.1, 0.15) is 31.9 Å². The molecule has 1 aromatic rings. The lowest BCUT2D eigenvalue weighted by Crippen LogP contribution is -2.98. The first-order chi connectivity index (χ1) is 12.4. The van der Waals surface area contributed by atoms with E-state index in [1.54, 1.807) is 14.0 Å². The molecule has 1 aromatic carbocycles. The summed E-state index contributed by atoms with van der Waals surface area (Å²) in [4.78, 5) is 39.9. The Kier molecular flexibility index (Phi) is 4.75. The Morgan fingerprint density at radius 3 is 2.31 bits per heavy atom. The Morgan fingerprint density at radius 2 is 1.81 bits per heavy atom. The van der Waals surface area contributed by atoms with E-state index in [0.29, 0.717) is 18.7 Å². The topological polar surface area (TPSA) is 89.5 Å². The number of hydrogen-bond acceptors (Lipinski definition) is 5. The van der Waals surface area contributed by atoms with Crippen molar-refractivity contribution in [2.45, 2.75) is 31.8 Å². The Morgan fingerprint density at radius 1 is 1.15 bits per heavy atom. The molecule has 0 radical (unpaired) electrons. The molecule has 2 fully saturated rings. The maximum absolute atomic E-state index is 13.0. The van der Waals surface area contributed by atoms with Gasteiger partial charge in [-0.2, -0.15) is 0 Å². The molecule has 2 aliphatic rings. The summed E-state index contributed by atoms with van der Waals surface area (Å²) in [5.41, 5.74) is -0.195. The summed E-state index contributed by atoms with van der Waals surface area (Å²) < 4.78 is 10.2. The fraction of sp³-hybridized carbons (Fsp3) is 0.526. The number of carbonyl (C=O) groups is 3. The van der Waals surface area contributed by atoms with Crippen LogP contribution in [0.15, 0.2) is 24.3 Å². The molecule has 140 valence electrons. The first kappa shape index (κ1) is 18.4. The van der Waals surface area contributed by atoms with Gasteiger partial charge in [-0.05, 0) is 31.2 Å². The Hall–Kier alpha value is -2.41. The largest absolute Gasteiger partial charge is 0.497 e. The second kappa shape index (κ2) is 6.72. The molecule has 0 saturated carbocycles. The lowest BCUT2D eigenvalue weighted by Gasteiger charge is -2.28. The highest BCUT2D eigenvalue weighted by molar-refractivity contribution is 6.08. The molecule has 4 atom stereocenters. The normalized spacial score (nSPS) is 30.5. The van der Waals surface area contributed by atoms with Crippen molar-refractivity contribution in [1.82, 2.24) is 4.90 Å². The minimum Gasteiger partial charge on any atom is -0.497 e. The zero-order valence-electron chi connectivity index (χ0n) is 15.5. The highest BCUT2D eigenvalue weighted by atomic mass is 16.5. The standard InChI is InChI=1S/C19H24N2O5/c1-5-19(18(24)26-4)14-13(16(22)21(6-2)17(14)23)15(20-19)11-7-9-12(25-3)10-8-11/h7-10,13-15,20H,5-6H2,1-4H3/p+1/t13-,14+,15-,19-/m0/s1. The van der Waals surface area contributed by atoms with Crippen LogP contribution in [0.25, 0.3) is 0 Å². The van der Waals surface area contributed by atoms with Crippen molar-refractivity contribution in [2.75, 3.05) is 20.8 Å². The van der Waals surface area contributed by atoms with Crippen molar-refractivity contribution in [3.8, 4) is 5.75 Å². The molecule has 2 heterocycles. The van der Waals surface area contributed by atoms with Gasteiger partial charge in [-0.25, -0.2) is 4.79 Å². The minimum absolute atomic E-state index is 0.209. The molecule has 0 bridgehead atoms. The van der Waals surface area contributed by atoms with Gasteiger partial charge in [0, 0.05) is 18.5 Å². The minimum atomic E-state index is -1.08. The fourth-order valence-electron chi connectivity index (χ4n) is 4.49. The van der Waals surface area contributed by atoms with E-state index in [0.717, 1.165) is 5.56 Å². The number of hydrogen-bond donors (Lipinski definition) is 1.